The highest BCUT2D eigenvalue weighted by atomic mass is 127. The zero-order valence-electron chi connectivity index (χ0n) is 15.1. The molecule has 0 bridgehead atoms. The van der Waals surface area contributed by atoms with Crippen LogP contribution in [0.2, 0.25) is 0 Å². The SMILES string of the molecule is CN=C(NCc1ccc(C#N)cc1F)NCc1ccc(F)cc1CSC.I. The van der Waals surface area contributed by atoms with E-state index in [-0.39, 0.29) is 41.9 Å². The monoisotopic (exact) mass is 502 g/mol. The highest BCUT2D eigenvalue weighted by molar-refractivity contribution is 14.0. The Balaban J connectivity index is 0.00000364. The average Bonchev–Trinajstić information content (AvgIpc) is 2.64. The summed E-state index contributed by atoms with van der Waals surface area (Å²) >= 11 is 1.62. The van der Waals surface area contributed by atoms with Crippen molar-refractivity contribution in [3.05, 3.63) is 70.3 Å². The molecule has 2 rings (SSSR count). The molecule has 0 spiro atoms. The van der Waals surface area contributed by atoms with E-state index in [4.69, 9.17) is 5.26 Å². The van der Waals surface area contributed by atoms with Crippen molar-refractivity contribution in [3.63, 3.8) is 0 Å². The number of hydrogen-bond acceptors (Lipinski definition) is 3. The van der Waals surface area contributed by atoms with Crippen LogP contribution in [-0.2, 0) is 18.8 Å². The molecule has 0 radical (unpaired) electrons. The van der Waals surface area contributed by atoms with Gasteiger partial charge in [0.25, 0.3) is 0 Å². The Morgan fingerprint density at radius 3 is 2.33 bits per heavy atom. The second-order valence-electron chi connectivity index (χ2n) is 5.54. The summed E-state index contributed by atoms with van der Waals surface area (Å²) in [7, 11) is 1.62. The lowest BCUT2D eigenvalue weighted by atomic mass is 10.1. The maximum Gasteiger partial charge on any atom is 0.191 e. The van der Waals surface area contributed by atoms with E-state index in [0.717, 1.165) is 16.9 Å². The molecule has 0 aromatic heterocycles. The number of halogens is 3. The van der Waals surface area contributed by atoms with E-state index in [9.17, 15) is 8.78 Å². The smallest absolute Gasteiger partial charge is 0.191 e. The van der Waals surface area contributed by atoms with E-state index >= 15 is 0 Å². The number of hydrogen-bond donors (Lipinski definition) is 2. The van der Waals surface area contributed by atoms with E-state index in [2.05, 4.69) is 15.6 Å². The summed E-state index contributed by atoms with van der Waals surface area (Å²) in [5.41, 5.74) is 2.63. The Morgan fingerprint density at radius 1 is 1.07 bits per heavy atom. The van der Waals surface area contributed by atoms with Crippen LogP contribution in [0.15, 0.2) is 41.4 Å². The van der Waals surface area contributed by atoms with E-state index in [1.807, 2.05) is 12.3 Å². The molecule has 2 N–H and O–H groups in total. The maximum atomic E-state index is 13.9. The molecule has 2 aromatic rings. The van der Waals surface area contributed by atoms with Crippen LogP contribution < -0.4 is 10.6 Å². The minimum Gasteiger partial charge on any atom is -0.352 e. The van der Waals surface area contributed by atoms with Crippen LogP contribution in [-0.4, -0.2) is 19.3 Å². The zero-order chi connectivity index (χ0) is 18.9. The number of rotatable bonds is 6. The van der Waals surface area contributed by atoms with Gasteiger partial charge in [-0.1, -0.05) is 12.1 Å². The topological polar surface area (TPSA) is 60.2 Å². The Bertz CT molecular complexity index is 837. The van der Waals surface area contributed by atoms with Crippen LogP contribution in [0.25, 0.3) is 0 Å². The third-order valence-electron chi connectivity index (χ3n) is 3.77. The summed E-state index contributed by atoms with van der Waals surface area (Å²) in [4.78, 5) is 4.12. The lowest BCUT2D eigenvalue weighted by molar-refractivity contribution is 0.604. The summed E-state index contributed by atoms with van der Waals surface area (Å²) in [6.45, 7) is 0.712. The van der Waals surface area contributed by atoms with E-state index < -0.39 is 5.82 Å². The predicted molar refractivity (Wildman–Crippen MR) is 117 cm³/mol. The van der Waals surface area contributed by atoms with E-state index in [1.165, 1.54) is 18.2 Å². The summed E-state index contributed by atoms with van der Waals surface area (Å²) < 4.78 is 27.3. The summed E-state index contributed by atoms with van der Waals surface area (Å²) in [6, 6.07) is 11.0. The molecule has 0 saturated carbocycles. The predicted octanol–water partition coefficient (Wildman–Crippen LogP) is 4.18. The molecule has 0 aliphatic heterocycles. The number of thioether (sulfide) groups is 1. The van der Waals surface area contributed by atoms with Crippen molar-refractivity contribution in [2.45, 2.75) is 18.8 Å². The minimum absolute atomic E-state index is 0. The molecule has 0 heterocycles. The lowest BCUT2D eigenvalue weighted by Crippen LogP contribution is -2.36. The van der Waals surface area contributed by atoms with Crippen LogP contribution in [0, 0.1) is 23.0 Å². The standard InChI is InChI=1S/C19H20F2N4S.HI/c1-23-19(25-11-15-4-3-13(9-22)7-18(15)21)24-10-14-5-6-17(20)8-16(14)12-26-2;/h3-8H,10-12H2,1-2H3,(H2,23,24,25);1H. The van der Waals surface area contributed by atoms with Crippen molar-refractivity contribution in [2.24, 2.45) is 4.99 Å². The van der Waals surface area contributed by atoms with Crippen LogP contribution in [0.1, 0.15) is 22.3 Å². The number of nitrogens with zero attached hydrogens (tertiary/aromatic N) is 2. The van der Waals surface area contributed by atoms with E-state index in [1.54, 1.807) is 37.0 Å². The molecule has 144 valence electrons. The molecule has 4 nitrogen and oxygen atoms in total. The van der Waals surface area contributed by atoms with Gasteiger partial charge in [0, 0.05) is 31.5 Å². The molecule has 0 aliphatic rings. The van der Waals surface area contributed by atoms with Gasteiger partial charge in [0.15, 0.2) is 5.96 Å². The summed E-state index contributed by atoms with van der Waals surface area (Å²) in [5, 5.41) is 15.0. The van der Waals surface area contributed by atoms with Gasteiger partial charge >= 0.3 is 0 Å². The van der Waals surface area contributed by atoms with Gasteiger partial charge in [-0.25, -0.2) is 8.78 Å². The van der Waals surface area contributed by atoms with Crippen molar-refractivity contribution < 1.29 is 8.78 Å². The Hall–Kier alpha value is -1.86. The molecule has 2 aromatic carbocycles. The number of nitrogens with one attached hydrogen (secondary N) is 2. The second kappa shape index (κ2) is 11.8. The molecule has 0 fully saturated rings. The fourth-order valence-corrected chi connectivity index (χ4v) is 2.98. The highest BCUT2D eigenvalue weighted by Crippen LogP contribution is 2.16. The van der Waals surface area contributed by atoms with Gasteiger partial charge in [-0.2, -0.15) is 17.0 Å². The Labute approximate surface area is 179 Å². The average molecular weight is 502 g/mol. The molecule has 8 heteroatoms. The van der Waals surface area contributed by atoms with Crippen LogP contribution in [0.5, 0.6) is 0 Å². The molecule has 0 atom stereocenters. The largest absolute Gasteiger partial charge is 0.352 e. The number of benzene rings is 2. The molecule has 0 amide bonds. The number of guanidine groups is 1. The van der Waals surface area contributed by atoms with Crippen LogP contribution in [0.3, 0.4) is 0 Å². The quantitative estimate of drug-likeness (QED) is 0.354. The van der Waals surface area contributed by atoms with E-state index in [0.29, 0.717) is 18.1 Å². The summed E-state index contributed by atoms with van der Waals surface area (Å²) in [5.74, 6) is 0.537. The maximum absolute atomic E-state index is 13.9. The van der Waals surface area contributed by atoms with Crippen molar-refractivity contribution in [1.29, 1.82) is 5.26 Å². The second-order valence-corrected chi connectivity index (χ2v) is 6.41. The fraction of sp³-hybridized carbons (Fsp3) is 0.263. The van der Waals surface area contributed by atoms with Gasteiger partial charge in [0.2, 0.25) is 0 Å². The van der Waals surface area contributed by atoms with Crippen molar-refractivity contribution >= 4 is 41.7 Å². The van der Waals surface area contributed by atoms with Crippen molar-refractivity contribution in [2.75, 3.05) is 13.3 Å². The van der Waals surface area contributed by atoms with Gasteiger partial charge < -0.3 is 10.6 Å². The van der Waals surface area contributed by atoms with Crippen LogP contribution >= 0.6 is 35.7 Å². The van der Waals surface area contributed by atoms with Gasteiger partial charge in [-0.05, 0) is 41.6 Å². The highest BCUT2D eigenvalue weighted by Gasteiger charge is 2.07. The molecular weight excluding hydrogens is 481 g/mol. The first-order valence-electron chi connectivity index (χ1n) is 7.96. The van der Waals surface area contributed by atoms with Crippen LogP contribution in [0.4, 0.5) is 8.78 Å². The normalized spacial score (nSPS) is 10.7. The van der Waals surface area contributed by atoms with Gasteiger partial charge in [0.1, 0.15) is 11.6 Å². The first-order valence-corrected chi connectivity index (χ1v) is 9.36. The van der Waals surface area contributed by atoms with Gasteiger partial charge in [0.05, 0.1) is 11.6 Å². The van der Waals surface area contributed by atoms with Crippen molar-refractivity contribution in [1.82, 2.24) is 10.6 Å². The Morgan fingerprint density at radius 2 is 1.74 bits per heavy atom. The molecular formula is C19H21F2IN4S. The summed E-state index contributed by atoms with van der Waals surface area (Å²) in [6.07, 6.45) is 1.97. The molecule has 0 unspecified atom stereocenters. The number of aliphatic imine (C=N–C) groups is 1. The third kappa shape index (κ3) is 6.99. The van der Waals surface area contributed by atoms with Crippen molar-refractivity contribution in [3.8, 4) is 6.07 Å². The third-order valence-corrected chi connectivity index (χ3v) is 4.37. The zero-order valence-corrected chi connectivity index (χ0v) is 18.2. The Kier molecular flexibility index (Phi) is 10.1. The molecule has 0 aliphatic carbocycles. The lowest BCUT2D eigenvalue weighted by Gasteiger charge is -2.14. The first-order chi connectivity index (χ1) is 12.6. The molecule has 0 saturated heterocycles. The first kappa shape index (κ1) is 23.2. The van der Waals surface area contributed by atoms with Gasteiger partial charge in [-0.3, -0.25) is 4.99 Å². The minimum atomic E-state index is -0.437. The number of nitriles is 1. The van der Waals surface area contributed by atoms with Gasteiger partial charge in [-0.15, -0.1) is 24.0 Å². The fourth-order valence-electron chi connectivity index (χ4n) is 2.40. The molecule has 27 heavy (non-hydrogen) atoms.